The maximum Gasteiger partial charge on any atom is 0.227 e. The zero-order valence-electron chi connectivity index (χ0n) is 13.9. The molecule has 1 fully saturated rings. The van der Waals surface area contributed by atoms with E-state index in [0.29, 0.717) is 0 Å². The molecule has 23 heavy (non-hydrogen) atoms. The Kier molecular flexibility index (Phi) is 5.56. The van der Waals surface area contributed by atoms with Crippen molar-refractivity contribution in [2.75, 3.05) is 37.0 Å². The third-order valence-corrected chi connectivity index (χ3v) is 5.30. The van der Waals surface area contributed by atoms with Gasteiger partial charge in [-0.15, -0.1) is 10.2 Å². The average molecular weight is 332 g/mol. The Morgan fingerprint density at radius 2 is 1.96 bits per heavy atom. The molecule has 0 atom stereocenters. The zero-order valence-corrected chi connectivity index (χ0v) is 14.7. The third kappa shape index (κ3) is 4.06. The highest BCUT2D eigenvalue weighted by Crippen LogP contribution is 2.22. The molecular formula is C17H24N4OS. The fourth-order valence-electron chi connectivity index (χ4n) is 2.79. The van der Waals surface area contributed by atoms with Crippen molar-refractivity contribution in [3.8, 4) is 0 Å². The number of aromatic nitrogens is 3. The summed E-state index contributed by atoms with van der Waals surface area (Å²) < 4.78 is 7.50. The van der Waals surface area contributed by atoms with Gasteiger partial charge in [0, 0.05) is 25.9 Å². The minimum atomic E-state index is 0.770. The maximum absolute atomic E-state index is 5.39. The lowest BCUT2D eigenvalue weighted by molar-refractivity contribution is 0.121. The molecule has 1 aromatic carbocycles. The highest BCUT2D eigenvalue weighted by Gasteiger charge is 2.18. The minimum absolute atomic E-state index is 0.770. The van der Waals surface area contributed by atoms with Crippen LogP contribution in [0.25, 0.3) is 0 Å². The Labute approximate surface area is 142 Å². The summed E-state index contributed by atoms with van der Waals surface area (Å²) >= 11 is 1.79. The van der Waals surface area contributed by atoms with E-state index in [1.807, 2.05) is 0 Å². The second kappa shape index (κ2) is 7.84. The molecule has 1 aliphatic rings. The van der Waals surface area contributed by atoms with Gasteiger partial charge in [0.25, 0.3) is 0 Å². The molecule has 0 spiro atoms. The summed E-state index contributed by atoms with van der Waals surface area (Å²) in [5.41, 5.74) is 2.82. The monoisotopic (exact) mass is 332 g/mol. The molecule has 0 aliphatic carbocycles. The fraction of sp³-hybridized carbons (Fsp3) is 0.529. The molecule has 0 radical (unpaired) electrons. The first-order valence-corrected chi connectivity index (χ1v) is 9.13. The van der Waals surface area contributed by atoms with E-state index in [-0.39, 0.29) is 0 Å². The first kappa shape index (κ1) is 16.3. The number of hydrogen-bond acceptors (Lipinski definition) is 5. The van der Waals surface area contributed by atoms with Crippen molar-refractivity contribution in [2.45, 2.75) is 24.9 Å². The molecular weight excluding hydrogens is 308 g/mol. The van der Waals surface area contributed by atoms with Crippen LogP contribution in [0.4, 0.5) is 5.95 Å². The van der Waals surface area contributed by atoms with Gasteiger partial charge in [-0.2, -0.15) is 0 Å². The van der Waals surface area contributed by atoms with Crippen LogP contribution in [0.5, 0.6) is 0 Å². The molecule has 2 heterocycles. The normalized spacial score (nSPS) is 15.1. The van der Waals surface area contributed by atoms with Crippen LogP contribution in [0.2, 0.25) is 0 Å². The molecule has 1 saturated heterocycles. The van der Waals surface area contributed by atoms with E-state index in [1.54, 1.807) is 11.8 Å². The second-order valence-electron chi connectivity index (χ2n) is 5.82. The van der Waals surface area contributed by atoms with Crippen molar-refractivity contribution < 1.29 is 4.74 Å². The van der Waals surface area contributed by atoms with E-state index in [9.17, 15) is 0 Å². The lowest BCUT2D eigenvalue weighted by Crippen LogP contribution is -2.37. The number of ether oxygens (including phenoxy) is 1. The molecule has 0 saturated carbocycles. The molecule has 6 heteroatoms. The third-order valence-electron chi connectivity index (χ3n) is 4.19. The molecule has 2 aromatic rings. The topological polar surface area (TPSA) is 43.2 Å². The first-order valence-electron chi connectivity index (χ1n) is 8.15. The van der Waals surface area contributed by atoms with E-state index in [0.717, 1.165) is 56.0 Å². The Bertz CT molecular complexity index is 637. The van der Waals surface area contributed by atoms with Crippen molar-refractivity contribution in [2.24, 2.45) is 7.05 Å². The number of aryl methyl sites for hydroxylation is 2. The van der Waals surface area contributed by atoms with Crippen LogP contribution in [0, 0.1) is 6.92 Å². The Balaban J connectivity index is 1.51. The van der Waals surface area contributed by atoms with Gasteiger partial charge in [-0.25, -0.2) is 0 Å². The van der Waals surface area contributed by atoms with Gasteiger partial charge in [-0.05, 0) is 30.9 Å². The van der Waals surface area contributed by atoms with Gasteiger partial charge in [0.05, 0.1) is 13.2 Å². The van der Waals surface area contributed by atoms with E-state index >= 15 is 0 Å². The number of thioether (sulfide) groups is 1. The highest BCUT2D eigenvalue weighted by atomic mass is 32.2. The largest absolute Gasteiger partial charge is 0.378 e. The van der Waals surface area contributed by atoms with Gasteiger partial charge < -0.3 is 9.64 Å². The predicted octanol–water partition coefficient (Wildman–Crippen LogP) is 2.69. The van der Waals surface area contributed by atoms with Crippen LogP contribution in [0.3, 0.4) is 0 Å². The second-order valence-corrected chi connectivity index (χ2v) is 6.88. The lowest BCUT2D eigenvalue weighted by atomic mass is 10.1. The number of hydrogen-bond donors (Lipinski definition) is 0. The molecule has 3 rings (SSSR count). The molecule has 0 unspecified atom stereocenters. The summed E-state index contributed by atoms with van der Waals surface area (Å²) in [7, 11) is 2.05. The first-order chi connectivity index (χ1) is 11.3. The van der Waals surface area contributed by atoms with Crippen LogP contribution in [0.1, 0.15) is 17.5 Å². The van der Waals surface area contributed by atoms with Crippen molar-refractivity contribution in [1.29, 1.82) is 0 Å². The predicted molar refractivity (Wildman–Crippen MR) is 94.3 cm³/mol. The fourth-order valence-corrected chi connectivity index (χ4v) is 3.63. The molecule has 0 N–H and O–H groups in total. The van der Waals surface area contributed by atoms with Gasteiger partial charge in [-0.1, -0.05) is 36.0 Å². The van der Waals surface area contributed by atoms with Crippen molar-refractivity contribution in [1.82, 2.24) is 14.8 Å². The summed E-state index contributed by atoms with van der Waals surface area (Å²) in [6.07, 6.45) is 2.27. The Hall–Kier alpha value is -1.53. The number of anilines is 1. The highest BCUT2D eigenvalue weighted by molar-refractivity contribution is 7.99. The molecule has 5 nitrogen and oxygen atoms in total. The van der Waals surface area contributed by atoms with Gasteiger partial charge in [0.15, 0.2) is 5.16 Å². The van der Waals surface area contributed by atoms with Crippen molar-refractivity contribution in [3.63, 3.8) is 0 Å². The minimum Gasteiger partial charge on any atom is -0.378 e. The average Bonchev–Trinajstić information content (AvgIpc) is 2.95. The molecule has 1 aromatic heterocycles. The number of rotatable bonds is 6. The lowest BCUT2D eigenvalue weighted by Gasteiger charge is -2.27. The SMILES string of the molecule is Cc1ccccc1CCCSc1nnc(N2CCOCC2)n1C. The van der Waals surface area contributed by atoms with Crippen LogP contribution < -0.4 is 4.90 Å². The van der Waals surface area contributed by atoms with Gasteiger partial charge in [0.1, 0.15) is 0 Å². The number of benzene rings is 1. The van der Waals surface area contributed by atoms with E-state index in [1.165, 1.54) is 11.1 Å². The van der Waals surface area contributed by atoms with Crippen LogP contribution in [0.15, 0.2) is 29.4 Å². The van der Waals surface area contributed by atoms with E-state index in [4.69, 9.17) is 4.74 Å². The van der Waals surface area contributed by atoms with Gasteiger partial charge in [0.2, 0.25) is 5.95 Å². The summed E-state index contributed by atoms with van der Waals surface area (Å²) in [6, 6.07) is 8.62. The molecule has 0 bridgehead atoms. The maximum atomic E-state index is 5.39. The number of nitrogens with zero attached hydrogens (tertiary/aromatic N) is 4. The summed E-state index contributed by atoms with van der Waals surface area (Å²) in [5.74, 6) is 2.01. The summed E-state index contributed by atoms with van der Waals surface area (Å²) in [5, 5.41) is 9.70. The van der Waals surface area contributed by atoms with Crippen molar-refractivity contribution in [3.05, 3.63) is 35.4 Å². The zero-order chi connectivity index (χ0) is 16.1. The van der Waals surface area contributed by atoms with E-state index < -0.39 is 0 Å². The van der Waals surface area contributed by atoms with Gasteiger partial charge >= 0.3 is 0 Å². The van der Waals surface area contributed by atoms with Crippen LogP contribution >= 0.6 is 11.8 Å². The quantitative estimate of drug-likeness (QED) is 0.601. The van der Waals surface area contributed by atoms with Crippen LogP contribution in [-0.4, -0.2) is 46.8 Å². The van der Waals surface area contributed by atoms with E-state index in [2.05, 4.69) is 57.9 Å². The van der Waals surface area contributed by atoms with Gasteiger partial charge in [-0.3, -0.25) is 4.57 Å². The molecule has 0 amide bonds. The number of morpholine rings is 1. The smallest absolute Gasteiger partial charge is 0.227 e. The molecule has 1 aliphatic heterocycles. The Morgan fingerprint density at radius 1 is 1.17 bits per heavy atom. The standard InChI is InChI=1S/C17H24N4OS/c1-14-6-3-4-7-15(14)8-5-13-23-17-19-18-16(20(17)2)21-9-11-22-12-10-21/h3-4,6-7H,5,8-13H2,1-2H3. The molecule has 124 valence electrons. The van der Waals surface area contributed by atoms with Crippen LogP contribution in [-0.2, 0) is 18.2 Å². The summed E-state index contributed by atoms with van der Waals surface area (Å²) in [4.78, 5) is 2.24. The van der Waals surface area contributed by atoms with Crippen molar-refractivity contribution >= 4 is 17.7 Å². The summed E-state index contributed by atoms with van der Waals surface area (Å²) in [6.45, 7) is 5.51. The Morgan fingerprint density at radius 3 is 2.74 bits per heavy atom.